The summed E-state index contributed by atoms with van der Waals surface area (Å²) in [6.07, 6.45) is 9.82. The van der Waals surface area contributed by atoms with Gasteiger partial charge in [-0.2, -0.15) is 0 Å². The summed E-state index contributed by atoms with van der Waals surface area (Å²) >= 11 is 0. The van der Waals surface area contributed by atoms with Crippen LogP contribution in [-0.4, -0.2) is 48.8 Å². The van der Waals surface area contributed by atoms with Crippen LogP contribution in [0.4, 0.5) is 0 Å². The van der Waals surface area contributed by atoms with Crippen molar-refractivity contribution in [1.82, 2.24) is 10.2 Å². The third-order valence-corrected chi connectivity index (χ3v) is 5.11. The Morgan fingerprint density at radius 1 is 1.25 bits per heavy atom. The lowest BCUT2D eigenvalue weighted by Gasteiger charge is -2.35. The van der Waals surface area contributed by atoms with Gasteiger partial charge >= 0.3 is 0 Å². The van der Waals surface area contributed by atoms with E-state index in [1.165, 1.54) is 57.2 Å². The number of allylic oxidation sites excluding steroid dienone is 1. The fraction of sp³-hybridized carbons (Fsp3) is 0.882. The van der Waals surface area contributed by atoms with Crippen LogP contribution in [-0.2, 0) is 0 Å². The molecule has 2 fully saturated rings. The Morgan fingerprint density at radius 2 is 1.90 bits per heavy atom. The van der Waals surface area contributed by atoms with Crippen molar-refractivity contribution in [3.63, 3.8) is 0 Å². The molecule has 2 aliphatic rings. The van der Waals surface area contributed by atoms with Crippen LogP contribution in [0.1, 0.15) is 52.4 Å². The molecule has 0 radical (unpaired) electrons. The molecule has 2 rings (SSSR count). The van der Waals surface area contributed by atoms with Gasteiger partial charge < -0.3 is 10.4 Å². The number of aliphatic hydroxyl groups is 1. The summed E-state index contributed by atoms with van der Waals surface area (Å²) in [5.41, 5.74) is 1.61. The predicted molar refractivity (Wildman–Crippen MR) is 84.9 cm³/mol. The lowest BCUT2D eigenvalue weighted by molar-refractivity contribution is 0.117. The van der Waals surface area contributed by atoms with Gasteiger partial charge in [0.05, 0.1) is 0 Å². The topological polar surface area (TPSA) is 35.5 Å². The van der Waals surface area contributed by atoms with Crippen LogP contribution in [0.15, 0.2) is 11.6 Å². The maximum Gasteiger partial charge on any atom is 0.0499 e. The second-order valence-electron chi connectivity index (χ2n) is 7.10. The predicted octanol–water partition coefficient (Wildman–Crippen LogP) is 2.56. The van der Waals surface area contributed by atoms with Crippen LogP contribution < -0.4 is 5.32 Å². The fourth-order valence-corrected chi connectivity index (χ4v) is 3.51. The molecule has 20 heavy (non-hydrogen) atoms. The zero-order valence-electron chi connectivity index (χ0n) is 13.3. The first-order valence-electron chi connectivity index (χ1n) is 8.33. The Hall–Kier alpha value is -0.380. The minimum Gasteiger partial charge on any atom is -0.396 e. The first kappa shape index (κ1) is 16.0. The van der Waals surface area contributed by atoms with Gasteiger partial charge in [-0.15, -0.1) is 0 Å². The van der Waals surface area contributed by atoms with Crippen LogP contribution in [0.25, 0.3) is 0 Å². The summed E-state index contributed by atoms with van der Waals surface area (Å²) in [7, 11) is 0. The molecule has 0 amide bonds. The highest BCUT2D eigenvalue weighted by molar-refractivity contribution is 4.96. The number of aliphatic hydroxyl groups excluding tert-OH is 1. The Balaban J connectivity index is 1.68. The summed E-state index contributed by atoms with van der Waals surface area (Å²) in [4.78, 5) is 2.54. The molecule has 0 aromatic heterocycles. The number of hydrogen-bond donors (Lipinski definition) is 2. The fourth-order valence-electron chi connectivity index (χ4n) is 3.51. The lowest BCUT2D eigenvalue weighted by atomic mass is 9.86. The first-order valence-corrected chi connectivity index (χ1v) is 8.33. The van der Waals surface area contributed by atoms with E-state index in [9.17, 15) is 5.11 Å². The summed E-state index contributed by atoms with van der Waals surface area (Å²) < 4.78 is 0. The Bertz CT molecular complexity index is 309. The molecule has 3 nitrogen and oxygen atoms in total. The largest absolute Gasteiger partial charge is 0.396 e. The monoisotopic (exact) mass is 280 g/mol. The van der Waals surface area contributed by atoms with Gasteiger partial charge in [-0.3, -0.25) is 4.90 Å². The van der Waals surface area contributed by atoms with Gasteiger partial charge in [0, 0.05) is 31.2 Å². The number of piperidine rings is 1. The molecule has 2 N–H and O–H groups in total. The van der Waals surface area contributed by atoms with Crippen molar-refractivity contribution in [2.45, 2.75) is 58.4 Å². The number of hydrogen-bond acceptors (Lipinski definition) is 3. The van der Waals surface area contributed by atoms with Crippen molar-refractivity contribution in [1.29, 1.82) is 0 Å². The van der Waals surface area contributed by atoms with Crippen molar-refractivity contribution < 1.29 is 5.11 Å². The van der Waals surface area contributed by atoms with E-state index in [1.54, 1.807) is 0 Å². The zero-order valence-corrected chi connectivity index (χ0v) is 13.3. The molecule has 1 saturated carbocycles. The summed E-state index contributed by atoms with van der Waals surface area (Å²) in [5, 5.41) is 13.4. The molecule has 0 spiro atoms. The molecule has 116 valence electrons. The highest BCUT2D eigenvalue weighted by Crippen LogP contribution is 2.37. The third kappa shape index (κ3) is 4.57. The standard InChI is InChI=1S/C17H32N2O/c1-15(2)5-10-19-11-6-16(7-12-19)18-13-17(14-20)8-3-4-9-17/h5,16,18,20H,3-4,6-14H2,1-2H3. The van der Waals surface area contributed by atoms with E-state index in [2.05, 4.69) is 30.1 Å². The molecule has 0 atom stereocenters. The van der Waals surface area contributed by atoms with Crippen molar-refractivity contribution >= 4 is 0 Å². The van der Waals surface area contributed by atoms with Crippen molar-refractivity contribution in [3.05, 3.63) is 11.6 Å². The van der Waals surface area contributed by atoms with Crippen LogP contribution >= 0.6 is 0 Å². The SMILES string of the molecule is CC(C)=CCN1CCC(NCC2(CO)CCCC2)CC1. The first-order chi connectivity index (χ1) is 9.63. The highest BCUT2D eigenvalue weighted by Gasteiger charge is 2.33. The molecule has 1 saturated heterocycles. The van der Waals surface area contributed by atoms with E-state index >= 15 is 0 Å². The molecule has 0 bridgehead atoms. The average Bonchev–Trinajstić information content (AvgIpc) is 2.93. The van der Waals surface area contributed by atoms with Gasteiger partial charge in [-0.25, -0.2) is 0 Å². The maximum atomic E-state index is 9.66. The van der Waals surface area contributed by atoms with E-state index in [-0.39, 0.29) is 5.41 Å². The van der Waals surface area contributed by atoms with Gasteiger partial charge in [0.15, 0.2) is 0 Å². The second-order valence-corrected chi connectivity index (χ2v) is 7.10. The van der Waals surface area contributed by atoms with Crippen LogP contribution in [0, 0.1) is 5.41 Å². The molecule has 0 aromatic carbocycles. The summed E-state index contributed by atoms with van der Waals surface area (Å²) in [6, 6.07) is 0.655. The Labute approximate surface area is 124 Å². The van der Waals surface area contributed by atoms with E-state index in [4.69, 9.17) is 0 Å². The van der Waals surface area contributed by atoms with E-state index in [0.29, 0.717) is 12.6 Å². The van der Waals surface area contributed by atoms with Crippen molar-refractivity contribution in [2.75, 3.05) is 32.8 Å². The molecule has 0 aromatic rings. The van der Waals surface area contributed by atoms with E-state index in [1.807, 2.05) is 0 Å². The Kier molecular flexibility index (Phi) is 6.06. The van der Waals surface area contributed by atoms with Crippen molar-refractivity contribution in [2.24, 2.45) is 5.41 Å². The molecule has 1 heterocycles. The number of nitrogens with zero attached hydrogens (tertiary/aromatic N) is 1. The van der Waals surface area contributed by atoms with Crippen LogP contribution in [0.2, 0.25) is 0 Å². The summed E-state index contributed by atoms with van der Waals surface area (Å²) in [6.45, 7) is 9.23. The van der Waals surface area contributed by atoms with Crippen LogP contribution in [0.3, 0.4) is 0 Å². The quantitative estimate of drug-likeness (QED) is 0.734. The highest BCUT2D eigenvalue weighted by atomic mass is 16.3. The molecule has 3 heteroatoms. The van der Waals surface area contributed by atoms with Gasteiger partial charge in [0.25, 0.3) is 0 Å². The minimum absolute atomic E-state index is 0.194. The number of likely N-dealkylation sites (tertiary alicyclic amines) is 1. The van der Waals surface area contributed by atoms with Gasteiger partial charge in [0.2, 0.25) is 0 Å². The normalized spacial score (nSPS) is 23.9. The molecular weight excluding hydrogens is 248 g/mol. The summed E-state index contributed by atoms with van der Waals surface area (Å²) in [5.74, 6) is 0. The molecule has 0 unspecified atom stereocenters. The Morgan fingerprint density at radius 3 is 2.45 bits per heavy atom. The number of rotatable bonds is 6. The third-order valence-electron chi connectivity index (χ3n) is 5.11. The minimum atomic E-state index is 0.194. The van der Waals surface area contributed by atoms with Crippen LogP contribution in [0.5, 0.6) is 0 Å². The zero-order chi connectivity index (χ0) is 14.4. The number of nitrogens with one attached hydrogen (secondary N) is 1. The molecule has 1 aliphatic carbocycles. The second kappa shape index (κ2) is 7.58. The van der Waals surface area contributed by atoms with E-state index < -0.39 is 0 Å². The lowest BCUT2D eigenvalue weighted by Crippen LogP contribution is -2.46. The van der Waals surface area contributed by atoms with Gasteiger partial charge in [0.1, 0.15) is 0 Å². The van der Waals surface area contributed by atoms with E-state index in [0.717, 1.165) is 13.1 Å². The van der Waals surface area contributed by atoms with Gasteiger partial charge in [-0.1, -0.05) is 24.5 Å². The molecule has 1 aliphatic heterocycles. The van der Waals surface area contributed by atoms with Gasteiger partial charge in [-0.05, 0) is 52.6 Å². The maximum absolute atomic E-state index is 9.66. The smallest absolute Gasteiger partial charge is 0.0499 e. The van der Waals surface area contributed by atoms with Crippen molar-refractivity contribution in [3.8, 4) is 0 Å². The molecular formula is C17H32N2O. The average molecular weight is 280 g/mol.